The number of H-pyrrole nitrogens is 1. The zero-order valence-electron chi connectivity index (χ0n) is 36.5. The highest BCUT2D eigenvalue weighted by atomic mass is 28.4. The highest BCUT2D eigenvalue weighted by Crippen LogP contribution is 2.41. The Hall–Kier alpha value is -5.47. The van der Waals surface area contributed by atoms with E-state index in [9.17, 15) is 19.5 Å². The first-order valence-corrected chi connectivity index (χ1v) is 24.9. The number of aromatic hydroxyl groups is 1. The van der Waals surface area contributed by atoms with Gasteiger partial charge in [-0.25, -0.2) is 9.59 Å². The lowest BCUT2D eigenvalue weighted by atomic mass is 9.86. The molecule has 3 aliphatic heterocycles. The fourth-order valence-corrected chi connectivity index (χ4v) is 9.99. The minimum Gasteiger partial charge on any atom is -0.506 e. The molecule has 2 bridgehead atoms. The van der Waals surface area contributed by atoms with Gasteiger partial charge in [0.05, 0.1) is 22.8 Å². The second kappa shape index (κ2) is 18.1. The number of oxazole rings is 1. The molecule has 3 aliphatic rings. The molecule has 5 heterocycles. The van der Waals surface area contributed by atoms with E-state index in [-0.39, 0.29) is 34.3 Å². The zero-order chi connectivity index (χ0) is 43.6. The van der Waals surface area contributed by atoms with Crippen LogP contribution in [0.1, 0.15) is 62.8 Å². The Morgan fingerprint density at radius 3 is 2.45 bits per heavy atom. The van der Waals surface area contributed by atoms with Crippen LogP contribution in [-0.4, -0.2) is 72.8 Å². The predicted octanol–water partition coefficient (Wildman–Crippen LogP) is 8.98. The second-order valence-corrected chi connectivity index (χ2v) is 23.2. The van der Waals surface area contributed by atoms with Crippen LogP contribution in [0.2, 0.25) is 18.1 Å². The van der Waals surface area contributed by atoms with Gasteiger partial charge in [-0.2, -0.15) is 0 Å². The van der Waals surface area contributed by atoms with Crippen molar-refractivity contribution in [2.24, 2.45) is 5.92 Å². The number of nitrogens with zero attached hydrogens (tertiary/aromatic N) is 2. The SMILES string of the molecule is CC(C)(C)[Si](C)(C)O[C@@H](CNCCc1ccc2c(c1)oc(=O)n2CCCc1ccc(-c2ccccc2)c(NC(=O)O[C@H]2CN3CCC2CC3)c1)c1ccc(O)c2[nH]c(=O)ccc12. The van der Waals surface area contributed by atoms with Crippen LogP contribution < -0.4 is 21.9 Å². The number of hydrogen-bond donors (Lipinski definition) is 4. The normalized spacial score (nSPS) is 18.3. The average molecular weight is 858 g/mol. The number of aromatic amines is 1. The van der Waals surface area contributed by atoms with Gasteiger partial charge in [-0.3, -0.25) is 19.6 Å². The first-order chi connectivity index (χ1) is 29.7. The minimum atomic E-state index is -2.22. The Kier molecular flexibility index (Phi) is 12.6. The third-order valence-electron chi connectivity index (χ3n) is 13.3. The van der Waals surface area contributed by atoms with Gasteiger partial charge in [0.1, 0.15) is 11.9 Å². The number of amides is 1. The standard InChI is InChI=1S/C49H59N5O7Si/c1-49(2,3)62(4,5)61-43(37-16-19-41(55)46-38(37)17-20-45(56)52-46)30-50-24-21-33-14-18-40-42(29-33)60-48(58)54(40)25-9-10-32-13-15-36(34-11-7-6-8-12-34)39(28-32)51-47(57)59-44-31-53-26-22-35(44)23-27-53/h6-8,11-20,28-29,35,43-44,50,55H,9-10,21-27,30-31H2,1-5H3,(H,51,57)(H,52,56)/t43-,44-/m0/s1. The fourth-order valence-electron chi connectivity index (χ4n) is 8.71. The molecule has 326 valence electrons. The van der Waals surface area contributed by atoms with Crippen molar-refractivity contribution >= 4 is 42.1 Å². The Labute approximate surface area is 363 Å². The molecule has 12 nitrogen and oxygen atoms in total. The summed E-state index contributed by atoms with van der Waals surface area (Å²) in [5.41, 5.74) is 7.04. The molecule has 3 saturated heterocycles. The van der Waals surface area contributed by atoms with E-state index >= 15 is 0 Å². The molecule has 0 radical (unpaired) electrons. The van der Waals surface area contributed by atoms with Crippen molar-refractivity contribution in [3.8, 4) is 16.9 Å². The number of fused-ring (bicyclic) bond motifs is 5. The van der Waals surface area contributed by atoms with Crippen molar-refractivity contribution in [3.63, 3.8) is 0 Å². The van der Waals surface area contributed by atoms with Gasteiger partial charge in [-0.1, -0.05) is 75.4 Å². The van der Waals surface area contributed by atoms with E-state index in [1.165, 1.54) is 6.07 Å². The number of nitrogens with one attached hydrogen (secondary N) is 3. The maximum atomic E-state index is 13.3. The molecule has 62 heavy (non-hydrogen) atoms. The van der Waals surface area contributed by atoms with E-state index in [1.807, 2.05) is 66.7 Å². The zero-order valence-corrected chi connectivity index (χ0v) is 37.5. The molecule has 0 unspecified atom stereocenters. The molecule has 4 N–H and O–H groups in total. The summed E-state index contributed by atoms with van der Waals surface area (Å²) >= 11 is 0. The van der Waals surface area contributed by atoms with E-state index < -0.39 is 14.4 Å². The number of rotatable bonds is 15. The Morgan fingerprint density at radius 2 is 1.71 bits per heavy atom. The van der Waals surface area contributed by atoms with Gasteiger partial charge in [0.2, 0.25) is 5.56 Å². The third-order valence-corrected chi connectivity index (χ3v) is 17.7. The van der Waals surface area contributed by atoms with Crippen LogP contribution in [-0.2, 0) is 28.5 Å². The number of phenols is 1. The number of piperidine rings is 3. The van der Waals surface area contributed by atoms with Crippen molar-refractivity contribution < 1.29 is 23.5 Å². The van der Waals surface area contributed by atoms with Crippen LogP contribution in [0, 0.1) is 5.92 Å². The molecule has 6 aromatic rings. The van der Waals surface area contributed by atoms with E-state index in [2.05, 4.69) is 60.4 Å². The molecule has 3 fully saturated rings. The first-order valence-electron chi connectivity index (χ1n) is 22.0. The van der Waals surface area contributed by atoms with Crippen LogP contribution in [0.3, 0.4) is 0 Å². The van der Waals surface area contributed by atoms with Gasteiger partial charge >= 0.3 is 11.8 Å². The van der Waals surface area contributed by atoms with Gasteiger partial charge in [0.25, 0.3) is 0 Å². The molecular weight excluding hydrogens is 799 g/mol. The average Bonchev–Trinajstić information content (AvgIpc) is 3.56. The number of ether oxygens (including phenoxy) is 1. The molecule has 0 aliphatic carbocycles. The van der Waals surface area contributed by atoms with Gasteiger partial charge in [-0.15, -0.1) is 0 Å². The smallest absolute Gasteiger partial charge is 0.419 e. The Morgan fingerprint density at radius 1 is 0.952 bits per heavy atom. The van der Waals surface area contributed by atoms with Crippen LogP contribution in [0.4, 0.5) is 10.5 Å². The number of carbonyl (C=O) groups excluding carboxylic acids is 1. The topological polar surface area (TPSA) is 151 Å². The highest BCUT2D eigenvalue weighted by molar-refractivity contribution is 6.74. The maximum absolute atomic E-state index is 13.3. The number of aryl methyl sites for hydroxylation is 2. The Balaban J connectivity index is 0.906. The maximum Gasteiger partial charge on any atom is 0.419 e. The summed E-state index contributed by atoms with van der Waals surface area (Å²) in [5, 5.41) is 17.9. The molecule has 2 atom stereocenters. The van der Waals surface area contributed by atoms with Crippen LogP contribution in [0.5, 0.6) is 5.75 Å². The van der Waals surface area contributed by atoms with Crippen molar-refractivity contribution in [3.05, 3.63) is 129 Å². The number of benzene rings is 4. The van der Waals surface area contributed by atoms with Crippen LogP contribution in [0.15, 0.2) is 105 Å². The van der Waals surface area contributed by atoms with Crippen LogP contribution >= 0.6 is 0 Å². The predicted molar refractivity (Wildman–Crippen MR) is 248 cm³/mol. The third kappa shape index (κ3) is 9.61. The molecule has 13 heteroatoms. The van der Waals surface area contributed by atoms with Crippen molar-refractivity contribution in [2.75, 3.05) is 38.0 Å². The summed E-state index contributed by atoms with van der Waals surface area (Å²) in [6.07, 6.45) is 3.39. The van der Waals surface area contributed by atoms with Crippen molar-refractivity contribution in [1.29, 1.82) is 0 Å². The minimum absolute atomic E-state index is 0.0198. The summed E-state index contributed by atoms with van der Waals surface area (Å²) in [6.45, 7) is 15.7. The second-order valence-electron chi connectivity index (χ2n) is 18.5. The van der Waals surface area contributed by atoms with E-state index in [4.69, 9.17) is 13.6 Å². The number of phenolic OH excluding ortho intramolecular Hbond substituents is 1. The molecule has 0 saturated carbocycles. The number of pyridine rings is 1. The van der Waals surface area contributed by atoms with Gasteiger partial charge in [0, 0.05) is 36.7 Å². The van der Waals surface area contributed by atoms with Gasteiger partial charge < -0.3 is 29.0 Å². The van der Waals surface area contributed by atoms with Crippen LogP contribution in [0.25, 0.3) is 33.1 Å². The van der Waals surface area contributed by atoms with E-state index in [0.717, 1.165) is 71.2 Å². The van der Waals surface area contributed by atoms with Crippen molar-refractivity contribution in [2.45, 2.75) is 89.8 Å². The summed E-state index contributed by atoms with van der Waals surface area (Å²) < 4.78 is 20.4. The van der Waals surface area contributed by atoms with Crippen molar-refractivity contribution in [1.82, 2.24) is 19.8 Å². The molecule has 9 rings (SSSR count). The Bertz CT molecular complexity index is 2660. The fraction of sp³-hybridized carbons (Fsp3) is 0.408. The summed E-state index contributed by atoms with van der Waals surface area (Å²) in [5.74, 6) is 0.0519. The lowest BCUT2D eigenvalue weighted by Gasteiger charge is -2.43. The molecule has 4 aromatic carbocycles. The van der Waals surface area contributed by atoms with Gasteiger partial charge in [-0.05, 0) is 128 Å². The number of anilines is 1. The monoisotopic (exact) mass is 857 g/mol. The van der Waals surface area contributed by atoms with Gasteiger partial charge in [0.15, 0.2) is 13.9 Å². The molecule has 1 amide bonds. The summed E-state index contributed by atoms with van der Waals surface area (Å²) in [6, 6.07) is 28.8. The quantitative estimate of drug-likeness (QED) is 0.0586. The molecule has 2 aromatic heterocycles. The molecule has 0 spiro atoms. The number of carbonyl (C=O) groups is 1. The lowest BCUT2D eigenvalue weighted by Crippen LogP contribution is -2.52. The van der Waals surface area contributed by atoms with E-state index in [0.29, 0.717) is 61.6 Å². The highest BCUT2D eigenvalue weighted by Gasteiger charge is 2.40. The first kappa shape index (κ1) is 43.2. The lowest BCUT2D eigenvalue weighted by molar-refractivity contribution is -0.0289. The summed E-state index contributed by atoms with van der Waals surface area (Å²) in [7, 11) is -2.22. The largest absolute Gasteiger partial charge is 0.506 e. The van der Waals surface area contributed by atoms with E-state index in [1.54, 1.807) is 16.7 Å². The summed E-state index contributed by atoms with van der Waals surface area (Å²) in [4.78, 5) is 43.7. The number of aromatic nitrogens is 2. The number of hydrogen-bond acceptors (Lipinski definition) is 9. The molecular formula is C49H59N5O7Si.